The summed E-state index contributed by atoms with van der Waals surface area (Å²) in [6.07, 6.45) is 10.7. The molecular formula is C42H44Cl2N10O8. The summed E-state index contributed by atoms with van der Waals surface area (Å²) >= 11 is 13.6. The Morgan fingerprint density at radius 1 is 0.694 bits per heavy atom. The number of amides is 2. The van der Waals surface area contributed by atoms with E-state index in [0.717, 1.165) is 11.1 Å². The molecule has 4 aliphatic rings. The quantitative estimate of drug-likeness (QED) is 0.168. The average Bonchev–Trinajstić information content (AvgIpc) is 4.08. The van der Waals surface area contributed by atoms with Crippen molar-refractivity contribution in [1.82, 2.24) is 29.2 Å². The highest BCUT2D eigenvalue weighted by Gasteiger charge is 2.40. The van der Waals surface area contributed by atoms with Crippen molar-refractivity contribution in [2.45, 2.75) is 37.9 Å². The van der Waals surface area contributed by atoms with Gasteiger partial charge in [-0.1, -0.05) is 23.2 Å². The number of anilines is 4. The number of carbonyl (C=O) groups excluding carboxylic acids is 2. The molecule has 6 aromatic rings. The first-order valence-corrected chi connectivity index (χ1v) is 20.9. The molecule has 18 nitrogen and oxygen atoms in total. The molecule has 0 radical (unpaired) electrons. The molecule has 4 N–H and O–H groups in total. The highest BCUT2D eigenvalue weighted by atomic mass is 35.5. The van der Waals surface area contributed by atoms with E-state index >= 15 is 0 Å². The highest BCUT2D eigenvalue weighted by molar-refractivity contribution is 6.36. The van der Waals surface area contributed by atoms with E-state index in [-0.39, 0.29) is 25.0 Å². The third kappa shape index (κ3) is 7.82. The standard InChI is InChI=1S/2C21H22ClN5O4/c2*1-21(12-28)10-13-9-15(17(16(22)18(13)31-21)26-5-7-30-8-6-26)25-20(29)14-11-24-27-4-2-3-23-19(14)27/h2*2-4,9,11,28H,5-8,10,12H2,1H3,(H,25,29)/t2*21-/m10/s1. The zero-order valence-corrected chi connectivity index (χ0v) is 35.4. The van der Waals surface area contributed by atoms with Gasteiger partial charge in [0.15, 0.2) is 11.3 Å². The maximum absolute atomic E-state index is 13.2. The molecule has 4 aromatic heterocycles. The van der Waals surface area contributed by atoms with E-state index in [9.17, 15) is 19.8 Å². The van der Waals surface area contributed by atoms with Gasteiger partial charge in [0.2, 0.25) is 0 Å². The van der Waals surface area contributed by atoms with Crippen LogP contribution in [0.2, 0.25) is 10.0 Å². The molecule has 2 amide bonds. The maximum Gasteiger partial charge on any atom is 0.261 e. The Hall–Kier alpha value is -5.76. The molecule has 62 heavy (non-hydrogen) atoms. The van der Waals surface area contributed by atoms with Crippen molar-refractivity contribution in [3.05, 3.63) is 93.7 Å². The zero-order chi connectivity index (χ0) is 43.2. The number of aromatic nitrogens is 6. The number of benzene rings is 2. The Labute approximate surface area is 365 Å². The van der Waals surface area contributed by atoms with E-state index in [0.29, 0.717) is 132 Å². The van der Waals surface area contributed by atoms with Crippen LogP contribution in [-0.2, 0) is 22.3 Å². The number of aliphatic hydroxyl groups is 2. The van der Waals surface area contributed by atoms with Crippen molar-refractivity contribution in [3.63, 3.8) is 0 Å². The summed E-state index contributed by atoms with van der Waals surface area (Å²) in [5, 5.41) is 34.8. The normalized spacial score (nSPS) is 20.5. The second kappa shape index (κ2) is 16.8. The Balaban J connectivity index is 0.000000158. The van der Waals surface area contributed by atoms with Crippen LogP contribution in [-0.4, -0.2) is 128 Å². The summed E-state index contributed by atoms with van der Waals surface area (Å²) in [5.41, 5.74) is 4.38. The zero-order valence-electron chi connectivity index (χ0n) is 33.9. The third-order valence-electron chi connectivity index (χ3n) is 11.2. The number of nitrogens with zero attached hydrogens (tertiary/aromatic N) is 8. The Morgan fingerprint density at radius 2 is 1.10 bits per heavy atom. The molecule has 2 atom stereocenters. The summed E-state index contributed by atoms with van der Waals surface area (Å²) in [6, 6.07) is 7.25. The summed E-state index contributed by atoms with van der Waals surface area (Å²) in [4.78, 5) is 39.0. The molecule has 4 aliphatic heterocycles. The van der Waals surface area contributed by atoms with Gasteiger partial charge in [0.05, 0.1) is 74.8 Å². The number of hydrogen-bond acceptors (Lipinski definition) is 14. The lowest BCUT2D eigenvalue weighted by atomic mass is 9.99. The van der Waals surface area contributed by atoms with E-state index in [2.05, 4.69) is 40.6 Å². The summed E-state index contributed by atoms with van der Waals surface area (Å²) < 4.78 is 26.1. The molecule has 2 fully saturated rings. The van der Waals surface area contributed by atoms with E-state index in [4.69, 9.17) is 42.1 Å². The predicted molar refractivity (Wildman–Crippen MR) is 230 cm³/mol. The molecule has 2 aromatic carbocycles. The first-order chi connectivity index (χ1) is 30.0. The minimum absolute atomic E-state index is 0.138. The van der Waals surface area contributed by atoms with Gasteiger partial charge in [-0.3, -0.25) is 9.59 Å². The second-order valence-electron chi connectivity index (χ2n) is 15.9. The van der Waals surface area contributed by atoms with Crippen LogP contribution in [0, 0.1) is 0 Å². The van der Waals surface area contributed by atoms with Crippen LogP contribution >= 0.6 is 23.2 Å². The largest absolute Gasteiger partial charge is 0.483 e. The van der Waals surface area contributed by atoms with Crippen molar-refractivity contribution in [2.24, 2.45) is 0 Å². The Kier molecular flexibility index (Phi) is 11.3. The molecule has 20 heteroatoms. The fourth-order valence-electron chi connectivity index (χ4n) is 8.12. The molecule has 324 valence electrons. The number of ether oxygens (including phenoxy) is 4. The van der Waals surface area contributed by atoms with Gasteiger partial charge in [0.25, 0.3) is 11.8 Å². The fraction of sp³-hybridized carbons (Fsp3) is 0.381. The number of morpholine rings is 2. The first-order valence-electron chi connectivity index (χ1n) is 20.1. The monoisotopic (exact) mass is 886 g/mol. The third-order valence-corrected chi connectivity index (χ3v) is 11.9. The van der Waals surface area contributed by atoms with Crippen molar-refractivity contribution in [2.75, 3.05) is 86.3 Å². The number of fused-ring (bicyclic) bond motifs is 4. The lowest BCUT2D eigenvalue weighted by Crippen LogP contribution is -2.37. The Morgan fingerprint density at radius 3 is 1.48 bits per heavy atom. The van der Waals surface area contributed by atoms with Crippen LogP contribution in [0.1, 0.15) is 45.7 Å². The van der Waals surface area contributed by atoms with Gasteiger partial charge in [0, 0.05) is 74.9 Å². The highest BCUT2D eigenvalue weighted by Crippen LogP contribution is 2.50. The number of hydrogen-bond donors (Lipinski definition) is 4. The number of nitrogens with one attached hydrogen (secondary N) is 2. The summed E-state index contributed by atoms with van der Waals surface area (Å²) in [6.45, 7) is 8.19. The van der Waals surface area contributed by atoms with Crippen LogP contribution in [0.25, 0.3) is 11.3 Å². The van der Waals surface area contributed by atoms with Crippen molar-refractivity contribution >= 4 is 69.1 Å². The molecule has 0 saturated carbocycles. The van der Waals surface area contributed by atoms with Crippen molar-refractivity contribution in [3.8, 4) is 11.5 Å². The molecule has 0 aliphatic carbocycles. The molecule has 10 rings (SSSR count). The fourth-order valence-corrected chi connectivity index (χ4v) is 8.88. The van der Waals surface area contributed by atoms with E-state index in [1.165, 1.54) is 12.4 Å². The van der Waals surface area contributed by atoms with Gasteiger partial charge in [-0.2, -0.15) is 10.2 Å². The molecular weight excluding hydrogens is 843 g/mol. The number of halogens is 2. The van der Waals surface area contributed by atoms with Gasteiger partial charge < -0.3 is 49.6 Å². The SMILES string of the molecule is C[C@@]1(CO)Cc2cc(NC(=O)c3cnn4cccnc34)c(N3CCOCC3)c(Cl)c2O1.C[C@]1(CO)Cc2cc(NC(=O)c3cnn4cccnc34)c(N3CCOCC3)c(Cl)c2O1. The molecule has 0 unspecified atom stereocenters. The minimum atomic E-state index is -0.747. The van der Waals surface area contributed by atoms with E-state index in [1.54, 1.807) is 46.0 Å². The lowest BCUT2D eigenvalue weighted by molar-refractivity contribution is 0.0447. The molecule has 0 bridgehead atoms. The maximum atomic E-state index is 13.2. The number of carbonyl (C=O) groups is 2. The summed E-state index contributed by atoms with van der Waals surface area (Å²) in [7, 11) is 0. The van der Waals surface area contributed by atoms with E-state index < -0.39 is 11.2 Å². The number of aliphatic hydroxyl groups excluding tert-OH is 2. The summed E-state index contributed by atoms with van der Waals surface area (Å²) in [5.74, 6) is 0.442. The van der Waals surface area contributed by atoms with Crippen LogP contribution in [0.5, 0.6) is 11.5 Å². The predicted octanol–water partition coefficient (Wildman–Crippen LogP) is 4.32. The van der Waals surface area contributed by atoms with Gasteiger partial charge >= 0.3 is 0 Å². The van der Waals surface area contributed by atoms with Crippen LogP contribution < -0.4 is 29.9 Å². The van der Waals surface area contributed by atoms with Gasteiger partial charge in [-0.15, -0.1) is 0 Å². The van der Waals surface area contributed by atoms with Gasteiger partial charge in [0.1, 0.15) is 43.9 Å². The molecule has 8 heterocycles. The molecule has 0 spiro atoms. The van der Waals surface area contributed by atoms with Crippen LogP contribution in [0.3, 0.4) is 0 Å². The topological polar surface area (TPSA) is 202 Å². The van der Waals surface area contributed by atoms with Crippen molar-refractivity contribution < 1.29 is 38.7 Å². The number of rotatable bonds is 8. The van der Waals surface area contributed by atoms with E-state index in [1.807, 2.05) is 26.0 Å². The molecule has 2 saturated heterocycles. The second-order valence-corrected chi connectivity index (χ2v) is 16.7. The smallest absolute Gasteiger partial charge is 0.261 e. The first kappa shape index (κ1) is 41.6. The van der Waals surface area contributed by atoms with Gasteiger partial charge in [-0.25, -0.2) is 19.0 Å². The van der Waals surface area contributed by atoms with Crippen molar-refractivity contribution in [1.29, 1.82) is 0 Å². The van der Waals surface area contributed by atoms with Gasteiger partial charge in [-0.05, 0) is 38.1 Å². The lowest BCUT2D eigenvalue weighted by Gasteiger charge is -2.32. The minimum Gasteiger partial charge on any atom is -0.483 e. The average molecular weight is 888 g/mol. The van der Waals surface area contributed by atoms with Crippen LogP contribution in [0.15, 0.2) is 61.4 Å². The van der Waals surface area contributed by atoms with Crippen LogP contribution in [0.4, 0.5) is 22.7 Å². The Bertz CT molecular complexity index is 2500.